The van der Waals surface area contributed by atoms with Gasteiger partial charge in [0.15, 0.2) is 6.29 Å². The van der Waals surface area contributed by atoms with Crippen LogP contribution in [0.5, 0.6) is 0 Å². The Labute approximate surface area is 282 Å². The molecule has 0 radical (unpaired) electrons. The Bertz CT molecular complexity index is 1580. The SMILES string of the molecule is COC(=O)/C=C/C1=C(OCc2ccccc2)[C@@H](OCc2ccccc2)[C@H](OCc2ccccc2)[C@@H](COCc2ccccc2)O[C@@H]1OC. The molecule has 0 spiro atoms. The Morgan fingerprint density at radius 3 is 1.69 bits per heavy atom. The zero-order valence-electron chi connectivity index (χ0n) is 27.3. The lowest BCUT2D eigenvalue weighted by Gasteiger charge is -2.32. The fourth-order valence-electron chi connectivity index (χ4n) is 5.30. The molecule has 250 valence electrons. The quantitative estimate of drug-likeness (QED) is 0.0953. The van der Waals surface area contributed by atoms with Crippen molar-refractivity contribution in [2.45, 2.75) is 51.0 Å². The second kappa shape index (κ2) is 18.7. The molecular weight excluding hydrogens is 608 g/mol. The first-order valence-corrected chi connectivity index (χ1v) is 15.9. The van der Waals surface area contributed by atoms with Crippen LogP contribution < -0.4 is 0 Å². The second-order valence-electron chi connectivity index (χ2n) is 11.2. The van der Waals surface area contributed by atoms with Gasteiger partial charge in [0, 0.05) is 18.8 Å². The molecule has 0 amide bonds. The standard InChI is InChI=1S/C40H42O8/c1-42-36(41)24-23-34-37(45-26-31-17-9-4-10-18-31)39(47-28-33-21-13-6-14-22-33)38(46-27-32-19-11-5-12-20-32)35(48-40(34)43-2)29-44-25-30-15-7-3-8-16-30/h3-24,35,38-40H,25-29H2,1-2H3/b24-23+/t35-,38-,39-,40+/m1/s1. The molecule has 1 aliphatic heterocycles. The summed E-state index contributed by atoms with van der Waals surface area (Å²) in [5, 5.41) is 0. The summed E-state index contributed by atoms with van der Waals surface area (Å²) in [6.07, 6.45) is -0.201. The van der Waals surface area contributed by atoms with Crippen LogP contribution in [-0.4, -0.2) is 51.4 Å². The van der Waals surface area contributed by atoms with Crippen LogP contribution in [0.4, 0.5) is 0 Å². The minimum atomic E-state index is -0.949. The van der Waals surface area contributed by atoms with Crippen molar-refractivity contribution < 1.29 is 38.0 Å². The van der Waals surface area contributed by atoms with Gasteiger partial charge in [0.1, 0.15) is 30.7 Å². The highest BCUT2D eigenvalue weighted by Gasteiger charge is 2.43. The molecule has 0 N–H and O–H groups in total. The van der Waals surface area contributed by atoms with Gasteiger partial charge >= 0.3 is 5.97 Å². The zero-order chi connectivity index (χ0) is 33.4. The molecule has 0 unspecified atom stereocenters. The number of hydrogen-bond donors (Lipinski definition) is 0. The predicted molar refractivity (Wildman–Crippen MR) is 181 cm³/mol. The molecule has 0 fully saturated rings. The van der Waals surface area contributed by atoms with Gasteiger partial charge in [0.25, 0.3) is 0 Å². The van der Waals surface area contributed by atoms with Crippen LogP contribution in [-0.2, 0) is 64.4 Å². The van der Waals surface area contributed by atoms with Crippen molar-refractivity contribution in [1.29, 1.82) is 0 Å². The number of ether oxygens (including phenoxy) is 7. The highest BCUT2D eigenvalue weighted by Crippen LogP contribution is 2.34. The Hall–Kier alpha value is -4.57. The van der Waals surface area contributed by atoms with Gasteiger partial charge in [-0.3, -0.25) is 0 Å². The van der Waals surface area contributed by atoms with Crippen molar-refractivity contribution in [2.75, 3.05) is 20.8 Å². The highest BCUT2D eigenvalue weighted by atomic mass is 16.7. The minimum Gasteiger partial charge on any atom is -0.490 e. The summed E-state index contributed by atoms with van der Waals surface area (Å²) < 4.78 is 43.8. The number of carbonyl (C=O) groups excluding carboxylic acids is 1. The fraction of sp³-hybridized carbons (Fsp3) is 0.275. The summed E-state index contributed by atoms with van der Waals surface area (Å²) in [6, 6.07) is 39.5. The third-order valence-electron chi connectivity index (χ3n) is 7.76. The van der Waals surface area contributed by atoms with E-state index < -0.39 is 30.6 Å². The molecule has 0 saturated carbocycles. The van der Waals surface area contributed by atoms with Gasteiger partial charge in [-0.05, 0) is 28.3 Å². The van der Waals surface area contributed by atoms with Gasteiger partial charge in [-0.25, -0.2) is 4.79 Å². The maximum atomic E-state index is 12.3. The smallest absolute Gasteiger partial charge is 0.330 e. The summed E-state index contributed by atoms with van der Waals surface area (Å²) in [7, 11) is 2.86. The van der Waals surface area contributed by atoms with Gasteiger partial charge in [0.2, 0.25) is 0 Å². The monoisotopic (exact) mass is 650 g/mol. The topological polar surface area (TPSA) is 81.7 Å². The van der Waals surface area contributed by atoms with Crippen LogP contribution in [0.2, 0.25) is 0 Å². The number of hydrogen-bond acceptors (Lipinski definition) is 8. The van der Waals surface area contributed by atoms with E-state index >= 15 is 0 Å². The van der Waals surface area contributed by atoms with Gasteiger partial charge in [-0.15, -0.1) is 0 Å². The molecule has 4 aromatic rings. The average molecular weight is 651 g/mol. The molecule has 0 bridgehead atoms. The molecule has 48 heavy (non-hydrogen) atoms. The van der Waals surface area contributed by atoms with E-state index in [1.54, 1.807) is 13.2 Å². The predicted octanol–water partition coefficient (Wildman–Crippen LogP) is 6.95. The van der Waals surface area contributed by atoms with Gasteiger partial charge < -0.3 is 33.2 Å². The van der Waals surface area contributed by atoms with Crippen LogP contribution >= 0.6 is 0 Å². The fourth-order valence-corrected chi connectivity index (χ4v) is 5.30. The first kappa shape index (κ1) is 34.8. The highest BCUT2D eigenvalue weighted by molar-refractivity contribution is 5.82. The maximum absolute atomic E-state index is 12.3. The second-order valence-corrected chi connectivity index (χ2v) is 11.2. The van der Waals surface area contributed by atoms with Crippen LogP contribution in [0.1, 0.15) is 22.3 Å². The van der Waals surface area contributed by atoms with Crippen LogP contribution in [0.25, 0.3) is 0 Å². The summed E-state index contributed by atoms with van der Waals surface area (Å²) in [5.41, 5.74) is 4.40. The van der Waals surface area contributed by atoms with Crippen molar-refractivity contribution >= 4 is 5.97 Å². The van der Waals surface area contributed by atoms with E-state index in [0.29, 0.717) is 17.9 Å². The van der Waals surface area contributed by atoms with Gasteiger partial charge in [-0.1, -0.05) is 121 Å². The van der Waals surface area contributed by atoms with E-state index in [4.69, 9.17) is 33.2 Å². The molecule has 4 atom stereocenters. The summed E-state index contributed by atoms with van der Waals surface area (Å²) >= 11 is 0. The summed E-state index contributed by atoms with van der Waals surface area (Å²) in [4.78, 5) is 12.3. The Morgan fingerprint density at radius 1 is 0.667 bits per heavy atom. The zero-order valence-corrected chi connectivity index (χ0v) is 27.3. The van der Waals surface area contributed by atoms with Gasteiger partial charge in [0.05, 0.1) is 33.5 Å². The van der Waals surface area contributed by atoms with E-state index in [2.05, 4.69) is 0 Å². The van der Waals surface area contributed by atoms with E-state index in [9.17, 15) is 4.79 Å². The largest absolute Gasteiger partial charge is 0.490 e. The van der Waals surface area contributed by atoms with Crippen LogP contribution in [0, 0.1) is 0 Å². The van der Waals surface area contributed by atoms with Crippen molar-refractivity contribution in [3.63, 3.8) is 0 Å². The number of esters is 1. The third-order valence-corrected chi connectivity index (χ3v) is 7.76. The molecule has 1 aliphatic rings. The molecule has 5 rings (SSSR count). The Balaban J connectivity index is 1.56. The molecule has 8 nitrogen and oxygen atoms in total. The number of rotatable bonds is 16. The van der Waals surface area contributed by atoms with E-state index in [1.807, 2.05) is 121 Å². The van der Waals surface area contributed by atoms with Crippen molar-refractivity contribution in [3.8, 4) is 0 Å². The molecule has 1 heterocycles. The summed E-state index contributed by atoms with van der Waals surface area (Å²) in [5.74, 6) is -0.115. The van der Waals surface area contributed by atoms with E-state index in [-0.39, 0.29) is 26.4 Å². The lowest BCUT2D eigenvalue weighted by molar-refractivity contribution is -0.202. The lowest BCUT2D eigenvalue weighted by Crippen LogP contribution is -2.45. The average Bonchev–Trinajstić information content (AvgIpc) is 3.26. The molecule has 8 heteroatoms. The van der Waals surface area contributed by atoms with Crippen molar-refractivity contribution in [1.82, 2.24) is 0 Å². The lowest BCUT2D eigenvalue weighted by atomic mass is 10.0. The first-order valence-electron chi connectivity index (χ1n) is 15.9. The molecule has 0 aromatic heterocycles. The third kappa shape index (κ3) is 10.2. The first-order chi connectivity index (χ1) is 23.6. The minimum absolute atomic E-state index is 0.166. The maximum Gasteiger partial charge on any atom is 0.330 e. The van der Waals surface area contributed by atoms with E-state index in [1.165, 1.54) is 13.2 Å². The molecule has 4 aromatic carbocycles. The summed E-state index contributed by atoms with van der Waals surface area (Å²) in [6.45, 7) is 1.32. The molecular formula is C40H42O8. The van der Waals surface area contributed by atoms with Crippen LogP contribution in [0.3, 0.4) is 0 Å². The Morgan fingerprint density at radius 2 is 1.17 bits per heavy atom. The Kier molecular flexibility index (Phi) is 13.5. The number of benzene rings is 4. The normalized spacial score (nSPS) is 19.6. The number of carbonyl (C=O) groups is 1. The van der Waals surface area contributed by atoms with Crippen molar-refractivity contribution in [2.24, 2.45) is 0 Å². The molecule has 0 saturated heterocycles. The molecule has 0 aliphatic carbocycles. The van der Waals surface area contributed by atoms with Crippen molar-refractivity contribution in [3.05, 3.63) is 167 Å². The number of methoxy groups -OCH3 is 2. The van der Waals surface area contributed by atoms with E-state index in [0.717, 1.165) is 22.3 Å². The van der Waals surface area contributed by atoms with Crippen LogP contribution in [0.15, 0.2) is 145 Å². The van der Waals surface area contributed by atoms with Gasteiger partial charge in [-0.2, -0.15) is 0 Å².